The molecule has 0 aliphatic carbocycles. The van der Waals surface area contributed by atoms with E-state index in [4.69, 9.17) is 4.74 Å². The lowest BCUT2D eigenvalue weighted by molar-refractivity contribution is 0.0751. The van der Waals surface area contributed by atoms with E-state index >= 15 is 0 Å². The zero-order valence-electron chi connectivity index (χ0n) is 6.01. The van der Waals surface area contributed by atoms with Crippen molar-refractivity contribution in [3.63, 3.8) is 0 Å². The standard InChI is InChI=1S/C7H13NOS/c1-2-10-5-6-3-8-7(6)4-9-1/h6-8H,1-5H2. The molecule has 0 aromatic carbocycles. The van der Waals surface area contributed by atoms with Gasteiger partial charge in [0.05, 0.1) is 13.2 Å². The molecule has 1 N–H and O–H groups in total. The molecule has 2 saturated heterocycles. The molecular weight excluding hydrogens is 146 g/mol. The Hall–Kier alpha value is 0.270. The summed E-state index contributed by atoms with van der Waals surface area (Å²) in [6, 6.07) is 0.674. The summed E-state index contributed by atoms with van der Waals surface area (Å²) in [5, 5.41) is 3.38. The van der Waals surface area contributed by atoms with Gasteiger partial charge in [-0.1, -0.05) is 0 Å². The number of thioether (sulfide) groups is 1. The van der Waals surface area contributed by atoms with E-state index in [1.807, 2.05) is 11.8 Å². The van der Waals surface area contributed by atoms with Crippen LogP contribution in [-0.2, 0) is 4.74 Å². The van der Waals surface area contributed by atoms with Crippen molar-refractivity contribution in [3.05, 3.63) is 0 Å². The maximum Gasteiger partial charge on any atom is 0.0623 e. The molecule has 0 spiro atoms. The summed E-state index contributed by atoms with van der Waals surface area (Å²) in [5.74, 6) is 3.41. The van der Waals surface area contributed by atoms with E-state index in [0.29, 0.717) is 6.04 Å². The van der Waals surface area contributed by atoms with Gasteiger partial charge in [-0.05, 0) is 11.7 Å². The molecule has 2 heterocycles. The van der Waals surface area contributed by atoms with Crippen LogP contribution in [0.15, 0.2) is 0 Å². The molecule has 2 nitrogen and oxygen atoms in total. The number of hydrogen-bond acceptors (Lipinski definition) is 3. The van der Waals surface area contributed by atoms with E-state index in [2.05, 4.69) is 5.32 Å². The first-order chi connectivity index (χ1) is 4.97. The van der Waals surface area contributed by atoms with Gasteiger partial charge in [-0.15, -0.1) is 0 Å². The van der Waals surface area contributed by atoms with Gasteiger partial charge in [0.1, 0.15) is 0 Å². The summed E-state index contributed by atoms with van der Waals surface area (Å²) in [7, 11) is 0. The normalized spacial score (nSPS) is 40.8. The Kier molecular flexibility index (Phi) is 2.16. The molecule has 2 unspecified atom stereocenters. The van der Waals surface area contributed by atoms with E-state index < -0.39 is 0 Å². The smallest absolute Gasteiger partial charge is 0.0623 e. The van der Waals surface area contributed by atoms with Crippen molar-refractivity contribution in [2.45, 2.75) is 6.04 Å². The summed E-state index contributed by atoms with van der Waals surface area (Å²) in [6.07, 6.45) is 0. The third-order valence-corrected chi connectivity index (χ3v) is 3.33. The minimum atomic E-state index is 0.674. The molecule has 0 radical (unpaired) electrons. The molecule has 0 bridgehead atoms. The van der Waals surface area contributed by atoms with Crippen molar-refractivity contribution in [1.29, 1.82) is 0 Å². The van der Waals surface area contributed by atoms with Crippen molar-refractivity contribution in [1.82, 2.24) is 5.32 Å². The number of ether oxygens (including phenoxy) is 1. The minimum absolute atomic E-state index is 0.674. The van der Waals surface area contributed by atoms with Crippen LogP contribution in [0, 0.1) is 5.92 Å². The second kappa shape index (κ2) is 3.11. The summed E-state index contributed by atoms with van der Waals surface area (Å²) in [6.45, 7) is 3.09. The van der Waals surface area contributed by atoms with Crippen molar-refractivity contribution < 1.29 is 4.74 Å². The van der Waals surface area contributed by atoms with Crippen LogP contribution in [0.2, 0.25) is 0 Å². The Morgan fingerprint density at radius 3 is 3.30 bits per heavy atom. The molecule has 2 aliphatic rings. The molecule has 58 valence electrons. The molecule has 2 aliphatic heterocycles. The van der Waals surface area contributed by atoms with E-state index in [9.17, 15) is 0 Å². The molecule has 2 rings (SSSR count). The largest absolute Gasteiger partial charge is 0.379 e. The van der Waals surface area contributed by atoms with Crippen molar-refractivity contribution in [2.75, 3.05) is 31.3 Å². The van der Waals surface area contributed by atoms with E-state index in [1.165, 1.54) is 18.1 Å². The number of fused-ring (bicyclic) bond motifs is 1. The molecular formula is C7H13NOS. The molecule has 2 fully saturated rings. The SMILES string of the molecule is C1CSCC2CNC2CO1. The van der Waals surface area contributed by atoms with Gasteiger partial charge >= 0.3 is 0 Å². The van der Waals surface area contributed by atoms with Crippen LogP contribution in [0.25, 0.3) is 0 Å². The van der Waals surface area contributed by atoms with E-state index in [0.717, 1.165) is 19.1 Å². The highest BCUT2D eigenvalue weighted by atomic mass is 32.2. The second-order valence-corrected chi connectivity index (χ2v) is 4.07. The zero-order chi connectivity index (χ0) is 6.81. The first kappa shape index (κ1) is 6.95. The van der Waals surface area contributed by atoms with Gasteiger partial charge in [0.15, 0.2) is 0 Å². The molecule has 10 heavy (non-hydrogen) atoms. The zero-order valence-corrected chi connectivity index (χ0v) is 6.82. The van der Waals surface area contributed by atoms with Gasteiger partial charge in [-0.25, -0.2) is 0 Å². The Morgan fingerprint density at radius 2 is 2.50 bits per heavy atom. The van der Waals surface area contributed by atoms with Crippen LogP contribution in [0.5, 0.6) is 0 Å². The lowest BCUT2D eigenvalue weighted by Gasteiger charge is -2.39. The summed E-state index contributed by atoms with van der Waals surface area (Å²) >= 11 is 2.03. The van der Waals surface area contributed by atoms with Crippen molar-refractivity contribution in [3.8, 4) is 0 Å². The van der Waals surface area contributed by atoms with Crippen LogP contribution >= 0.6 is 11.8 Å². The molecule has 0 aromatic rings. The van der Waals surface area contributed by atoms with Gasteiger partial charge in [0.25, 0.3) is 0 Å². The van der Waals surface area contributed by atoms with Gasteiger partial charge in [0, 0.05) is 18.3 Å². The van der Waals surface area contributed by atoms with E-state index in [1.54, 1.807) is 0 Å². The summed E-state index contributed by atoms with van der Waals surface area (Å²) in [4.78, 5) is 0. The Bertz CT molecular complexity index is 106. The number of rotatable bonds is 0. The van der Waals surface area contributed by atoms with Crippen LogP contribution in [0.4, 0.5) is 0 Å². The monoisotopic (exact) mass is 159 g/mol. The predicted octanol–water partition coefficient (Wildman–Crippen LogP) is 0.338. The average molecular weight is 159 g/mol. The first-order valence-electron chi connectivity index (χ1n) is 3.86. The highest BCUT2D eigenvalue weighted by Gasteiger charge is 2.30. The van der Waals surface area contributed by atoms with Gasteiger partial charge in [-0.2, -0.15) is 11.8 Å². The highest BCUT2D eigenvalue weighted by molar-refractivity contribution is 7.99. The van der Waals surface area contributed by atoms with Crippen molar-refractivity contribution in [2.24, 2.45) is 5.92 Å². The highest BCUT2D eigenvalue weighted by Crippen LogP contribution is 2.21. The lowest BCUT2D eigenvalue weighted by atomic mass is 9.94. The molecule has 3 heteroatoms. The van der Waals surface area contributed by atoms with E-state index in [-0.39, 0.29) is 0 Å². The van der Waals surface area contributed by atoms with Crippen LogP contribution in [0.3, 0.4) is 0 Å². The minimum Gasteiger partial charge on any atom is -0.379 e. The third-order valence-electron chi connectivity index (χ3n) is 2.21. The number of nitrogens with one attached hydrogen (secondary N) is 1. The number of hydrogen-bond donors (Lipinski definition) is 1. The van der Waals surface area contributed by atoms with Crippen LogP contribution < -0.4 is 5.32 Å². The molecule has 0 saturated carbocycles. The maximum absolute atomic E-state index is 5.43. The summed E-state index contributed by atoms with van der Waals surface area (Å²) < 4.78 is 5.43. The molecule has 0 aromatic heterocycles. The topological polar surface area (TPSA) is 21.3 Å². The van der Waals surface area contributed by atoms with Crippen LogP contribution in [-0.4, -0.2) is 37.3 Å². The molecule has 0 amide bonds. The fourth-order valence-corrected chi connectivity index (χ4v) is 2.44. The van der Waals surface area contributed by atoms with Crippen molar-refractivity contribution >= 4 is 11.8 Å². The van der Waals surface area contributed by atoms with Gasteiger partial charge in [-0.3, -0.25) is 0 Å². The average Bonchev–Trinajstić information content (AvgIpc) is 1.89. The third kappa shape index (κ3) is 1.31. The molecule has 2 atom stereocenters. The van der Waals surface area contributed by atoms with Gasteiger partial charge in [0.2, 0.25) is 0 Å². The fourth-order valence-electron chi connectivity index (χ4n) is 1.38. The van der Waals surface area contributed by atoms with Crippen LogP contribution in [0.1, 0.15) is 0 Å². The van der Waals surface area contributed by atoms with Gasteiger partial charge < -0.3 is 10.1 Å². The Labute approximate surface area is 65.7 Å². The second-order valence-electron chi connectivity index (χ2n) is 2.92. The quantitative estimate of drug-likeness (QED) is 0.550. The fraction of sp³-hybridized carbons (Fsp3) is 1.00. The maximum atomic E-state index is 5.43. The first-order valence-corrected chi connectivity index (χ1v) is 5.01. The Morgan fingerprint density at radius 1 is 1.50 bits per heavy atom. The predicted molar refractivity (Wildman–Crippen MR) is 43.4 cm³/mol. The summed E-state index contributed by atoms with van der Waals surface area (Å²) in [5.41, 5.74) is 0. The lowest BCUT2D eigenvalue weighted by Crippen LogP contribution is -2.57. The Balaban J connectivity index is 1.83.